The van der Waals surface area contributed by atoms with E-state index < -0.39 is 5.97 Å². The zero-order valence-corrected chi connectivity index (χ0v) is 10.6. The molecule has 1 aromatic rings. The van der Waals surface area contributed by atoms with Gasteiger partial charge in [-0.15, -0.1) is 0 Å². The highest BCUT2D eigenvalue weighted by atomic mass is 35.5. The normalized spacial score (nSPS) is 10.1. The molecule has 0 aliphatic carbocycles. The molecule has 0 aliphatic heterocycles. The van der Waals surface area contributed by atoms with Crippen molar-refractivity contribution in [2.45, 2.75) is 20.3 Å². The third kappa shape index (κ3) is 3.53. The number of carbonyl (C=O) groups is 1. The number of aromatic carboxylic acids is 1. The summed E-state index contributed by atoms with van der Waals surface area (Å²) in [5.41, 5.74) is 0.0855. The molecule has 17 heavy (non-hydrogen) atoms. The van der Waals surface area contributed by atoms with E-state index >= 15 is 0 Å². The summed E-state index contributed by atoms with van der Waals surface area (Å²) in [7, 11) is 0. The van der Waals surface area contributed by atoms with Crippen molar-refractivity contribution in [2.75, 3.05) is 13.2 Å². The Kier molecular flexibility index (Phi) is 5.10. The van der Waals surface area contributed by atoms with Crippen LogP contribution in [0.5, 0.6) is 11.5 Å². The van der Waals surface area contributed by atoms with Crippen LogP contribution in [0.3, 0.4) is 0 Å². The summed E-state index contributed by atoms with van der Waals surface area (Å²) in [6, 6.07) is 2.78. The van der Waals surface area contributed by atoms with E-state index in [1.54, 1.807) is 0 Å². The van der Waals surface area contributed by atoms with E-state index in [-0.39, 0.29) is 10.6 Å². The number of carboxylic acid groups (broad SMARTS) is 1. The number of ether oxygens (including phenoxy) is 2. The van der Waals surface area contributed by atoms with Crippen LogP contribution in [-0.4, -0.2) is 24.3 Å². The largest absolute Gasteiger partial charge is 0.490 e. The van der Waals surface area contributed by atoms with Gasteiger partial charge >= 0.3 is 5.97 Å². The van der Waals surface area contributed by atoms with E-state index in [2.05, 4.69) is 0 Å². The second kappa shape index (κ2) is 6.35. The number of halogens is 1. The highest BCUT2D eigenvalue weighted by Gasteiger charge is 2.15. The van der Waals surface area contributed by atoms with Crippen LogP contribution in [0.1, 0.15) is 30.6 Å². The number of hydrogen-bond acceptors (Lipinski definition) is 3. The Balaban J connectivity index is 3.12. The van der Waals surface area contributed by atoms with Crippen molar-refractivity contribution in [3.63, 3.8) is 0 Å². The molecule has 1 rings (SSSR count). The molecule has 94 valence electrons. The van der Waals surface area contributed by atoms with Gasteiger partial charge in [0, 0.05) is 0 Å². The minimum absolute atomic E-state index is 0.0855. The lowest BCUT2D eigenvalue weighted by atomic mass is 10.2. The van der Waals surface area contributed by atoms with E-state index in [0.29, 0.717) is 24.7 Å². The molecule has 0 aliphatic rings. The lowest BCUT2D eigenvalue weighted by molar-refractivity contribution is 0.0696. The fraction of sp³-hybridized carbons (Fsp3) is 0.417. The van der Waals surface area contributed by atoms with Crippen molar-refractivity contribution < 1.29 is 19.4 Å². The van der Waals surface area contributed by atoms with Crippen LogP contribution in [0.25, 0.3) is 0 Å². The number of carboxylic acids is 1. The monoisotopic (exact) mass is 258 g/mol. The molecule has 0 saturated carbocycles. The molecular formula is C12H15ClO4. The van der Waals surface area contributed by atoms with Crippen molar-refractivity contribution in [3.8, 4) is 11.5 Å². The van der Waals surface area contributed by atoms with Gasteiger partial charge < -0.3 is 14.6 Å². The van der Waals surface area contributed by atoms with Crippen molar-refractivity contribution in [1.29, 1.82) is 0 Å². The smallest absolute Gasteiger partial charge is 0.335 e. The fourth-order valence-corrected chi connectivity index (χ4v) is 1.56. The molecular weight excluding hydrogens is 244 g/mol. The minimum atomic E-state index is -1.05. The maximum Gasteiger partial charge on any atom is 0.335 e. The summed E-state index contributed by atoms with van der Waals surface area (Å²) in [6.45, 7) is 4.71. The molecule has 0 amide bonds. The highest BCUT2D eigenvalue weighted by molar-refractivity contribution is 6.32. The quantitative estimate of drug-likeness (QED) is 0.851. The molecule has 0 fully saturated rings. The average molecular weight is 259 g/mol. The Bertz CT molecular complexity index is 404. The Labute approximate surface area is 105 Å². The van der Waals surface area contributed by atoms with Gasteiger partial charge in [0.05, 0.1) is 23.8 Å². The lowest BCUT2D eigenvalue weighted by Crippen LogP contribution is -2.03. The summed E-state index contributed by atoms with van der Waals surface area (Å²) in [4.78, 5) is 10.9. The van der Waals surface area contributed by atoms with E-state index in [1.807, 2.05) is 13.8 Å². The highest BCUT2D eigenvalue weighted by Crippen LogP contribution is 2.36. The van der Waals surface area contributed by atoms with E-state index in [4.69, 9.17) is 26.2 Å². The van der Waals surface area contributed by atoms with E-state index in [9.17, 15) is 4.79 Å². The van der Waals surface area contributed by atoms with Crippen LogP contribution in [0.15, 0.2) is 12.1 Å². The van der Waals surface area contributed by atoms with Gasteiger partial charge in [-0.1, -0.05) is 18.5 Å². The Morgan fingerprint density at radius 2 is 2.06 bits per heavy atom. The van der Waals surface area contributed by atoms with Gasteiger partial charge in [-0.05, 0) is 25.5 Å². The molecule has 1 aromatic carbocycles. The average Bonchev–Trinajstić information content (AvgIpc) is 2.28. The van der Waals surface area contributed by atoms with Crippen LogP contribution >= 0.6 is 11.6 Å². The van der Waals surface area contributed by atoms with Gasteiger partial charge in [0.25, 0.3) is 0 Å². The molecule has 0 atom stereocenters. The van der Waals surface area contributed by atoms with Gasteiger partial charge in [-0.25, -0.2) is 4.79 Å². The van der Waals surface area contributed by atoms with Gasteiger partial charge in [0.1, 0.15) is 0 Å². The van der Waals surface area contributed by atoms with Crippen LogP contribution in [0, 0.1) is 0 Å². The van der Waals surface area contributed by atoms with Crippen LogP contribution in [0.2, 0.25) is 5.02 Å². The first kappa shape index (κ1) is 13.6. The summed E-state index contributed by atoms with van der Waals surface area (Å²) < 4.78 is 10.8. The predicted molar refractivity (Wildman–Crippen MR) is 65.4 cm³/mol. The first-order valence-electron chi connectivity index (χ1n) is 5.42. The number of benzene rings is 1. The molecule has 0 saturated heterocycles. The first-order valence-corrected chi connectivity index (χ1v) is 5.80. The van der Waals surface area contributed by atoms with Gasteiger partial charge in [0.15, 0.2) is 11.5 Å². The van der Waals surface area contributed by atoms with Gasteiger partial charge in [-0.2, -0.15) is 0 Å². The predicted octanol–water partition coefficient (Wildman–Crippen LogP) is 3.23. The summed E-state index contributed by atoms with van der Waals surface area (Å²) in [5.74, 6) is -0.277. The maximum atomic E-state index is 10.9. The third-order valence-electron chi connectivity index (χ3n) is 2.01. The van der Waals surface area contributed by atoms with Crippen molar-refractivity contribution in [3.05, 3.63) is 22.7 Å². The maximum absolute atomic E-state index is 10.9. The summed E-state index contributed by atoms with van der Waals surface area (Å²) >= 11 is 5.98. The number of hydrogen-bond donors (Lipinski definition) is 1. The lowest BCUT2D eigenvalue weighted by Gasteiger charge is -2.13. The fourth-order valence-electron chi connectivity index (χ4n) is 1.30. The molecule has 0 radical (unpaired) electrons. The van der Waals surface area contributed by atoms with Crippen LogP contribution in [0.4, 0.5) is 0 Å². The van der Waals surface area contributed by atoms with Crippen molar-refractivity contribution >= 4 is 17.6 Å². The Hall–Kier alpha value is -1.42. The van der Waals surface area contributed by atoms with Gasteiger partial charge in [0.2, 0.25) is 0 Å². The van der Waals surface area contributed by atoms with Crippen LogP contribution < -0.4 is 9.47 Å². The second-order valence-electron chi connectivity index (χ2n) is 3.37. The molecule has 0 bridgehead atoms. The zero-order chi connectivity index (χ0) is 12.8. The molecule has 0 heterocycles. The molecule has 4 nitrogen and oxygen atoms in total. The van der Waals surface area contributed by atoms with E-state index in [1.165, 1.54) is 12.1 Å². The Morgan fingerprint density at radius 1 is 1.35 bits per heavy atom. The zero-order valence-electron chi connectivity index (χ0n) is 9.83. The third-order valence-corrected chi connectivity index (χ3v) is 2.29. The topological polar surface area (TPSA) is 55.8 Å². The standard InChI is InChI=1S/C12H15ClO4/c1-3-5-17-11-9(13)6-8(12(14)15)7-10(11)16-4-2/h6-7H,3-5H2,1-2H3,(H,14,15). The molecule has 0 spiro atoms. The second-order valence-corrected chi connectivity index (χ2v) is 3.78. The number of rotatable bonds is 6. The minimum Gasteiger partial charge on any atom is -0.490 e. The SMILES string of the molecule is CCCOc1c(Cl)cc(C(=O)O)cc1OCC. The molecule has 0 aromatic heterocycles. The van der Waals surface area contributed by atoms with Crippen molar-refractivity contribution in [1.82, 2.24) is 0 Å². The molecule has 5 heteroatoms. The summed E-state index contributed by atoms with van der Waals surface area (Å²) in [6.07, 6.45) is 0.836. The first-order chi connectivity index (χ1) is 8.10. The summed E-state index contributed by atoms with van der Waals surface area (Å²) in [5, 5.41) is 9.17. The Morgan fingerprint density at radius 3 is 2.59 bits per heavy atom. The van der Waals surface area contributed by atoms with Gasteiger partial charge in [-0.3, -0.25) is 0 Å². The van der Waals surface area contributed by atoms with Crippen molar-refractivity contribution in [2.24, 2.45) is 0 Å². The molecule has 1 N–H and O–H groups in total. The van der Waals surface area contributed by atoms with Crippen LogP contribution in [-0.2, 0) is 0 Å². The molecule has 0 unspecified atom stereocenters. The van der Waals surface area contributed by atoms with E-state index in [0.717, 1.165) is 6.42 Å².